The SMILES string of the molecule is CSc1nnc(CN2CCC(C(=O)c3ccccc3)CC2)s1. The zero-order valence-corrected chi connectivity index (χ0v) is 14.2. The van der Waals surface area contributed by atoms with Crippen LogP contribution in [0, 0.1) is 5.92 Å². The van der Waals surface area contributed by atoms with Crippen LogP contribution in [-0.4, -0.2) is 40.2 Å². The van der Waals surface area contributed by atoms with E-state index in [0.717, 1.165) is 47.4 Å². The molecule has 2 aromatic rings. The highest BCUT2D eigenvalue weighted by atomic mass is 32.2. The Morgan fingerprint density at radius 2 is 2.00 bits per heavy atom. The quantitative estimate of drug-likeness (QED) is 0.620. The summed E-state index contributed by atoms with van der Waals surface area (Å²) in [4.78, 5) is 14.8. The van der Waals surface area contributed by atoms with Crippen molar-refractivity contribution in [1.29, 1.82) is 0 Å². The highest BCUT2D eigenvalue weighted by Crippen LogP contribution is 2.25. The third kappa shape index (κ3) is 3.74. The van der Waals surface area contributed by atoms with Crippen molar-refractivity contribution < 1.29 is 4.79 Å². The molecule has 22 heavy (non-hydrogen) atoms. The minimum absolute atomic E-state index is 0.162. The van der Waals surface area contributed by atoms with E-state index in [-0.39, 0.29) is 5.92 Å². The number of carbonyl (C=O) groups is 1. The molecule has 0 unspecified atom stereocenters. The second kappa shape index (κ2) is 7.35. The second-order valence-electron chi connectivity index (χ2n) is 5.45. The molecule has 1 aromatic carbocycles. The Morgan fingerprint density at radius 3 is 2.64 bits per heavy atom. The van der Waals surface area contributed by atoms with Gasteiger partial charge in [-0.1, -0.05) is 53.4 Å². The smallest absolute Gasteiger partial charge is 0.174 e. The minimum atomic E-state index is 0.162. The zero-order chi connectivity index (χ0) is 15.4. The molecule has 0 saturated carbocycles. The van der Waals surface area contributed by atoms with Gasteiger partial charge in [-0.2, -0.15) is 0 Å². The first-order chi connectivity index (χ1) is 10.8. The Kier molecular flexibility index (Phi) is 5.23. The van der Waals surface area contributed by atoms with E-state index in [0.29, 0.717) is 5.78 Å². The standard InChI is InChI=1S/C16H19N3OS2/c1-21-16-18-17-14(22-16)11-19-9-7-13(8-10-19)15(20)12-5-3-2-4-6-12/h2-6,13H,7-11H2,1H3. The highest BCUT2D eigenvalue weighted by molar-refractivity contribution is 8.00. The molecule has 0 amide bonds. The number of carbonyl (C=O) groups excluding carboxylic acids is 1. The van der Waals surface area contributed by atoms with Crippen LogP contribution < -0.4 is 0 Å². The Balaban J connectivity index is 1.53. The van der Waals surface area contributed by atoms with Crippen LogP contribution in [0.3, 0.4) is 0 Å². The fourth-order valence-electron chi connectivity index (χ4n) is 2.77. The topological polar surface area (TPSA) is 46.1 Å². The van der Waals surface area contributed by atoms with E-state index in [1.165, 1.54) is 0 Å². The first-order valence-electron chi connectivity index (χ1n) is 7.44. The van der Waals surface area contributed by atoms with Crippen molar-refractivity contribution in [1.82, 2.24) is 15.1 Å². The molecule has 2 heterocycles. The van der Waals surface area contributed by atoms with Gasteiger partial charge in [0.2, 0.25) is 0 Å². The lowest BCUT2D eigenvalue weighted by atomic mass is 9.89. The van der Waals surface area contributed by atoms with E-state index >= 15 is 0 Å². The number of hydrogen-bond donors (Lipinski definition) is 0. The molecule has 3 rings (SSSR count). The number of thioether (sulfide) groups is 1. The van der Waals surface area contributed by atoms with Crippen LogP contribution in [0.2, 0.25) is 0 Å². The molecule has 0 N–H and O–H groups in total. The Morgan fingerprint density at radius 1 is 1.27 bits per heavy atom. The predicted octanol–water partition coefficient (Wildman–Crippen LogP) is 3.35. The molecule has 0 aliphatic carbocycles. The van der Waals surface area contributed by atoms with Gasteiger partial charge in [0, 0.05) is 11.5 Å². The molecule has 1 aliphatic rings. The van der Waals surface area contributed by atoms with Crippen molar-refractivity contribution in [2.75, 3.05) is 19.3 Å². The van der Waals surface area contributed by atoms with Crippen LogP contribution in [-0.2, 0) is 6.54 Å². The highest BCUT2D eigenvalue weighted by Gasteiger charge is 2.26. The lowest BCUT2D eigenvalue weighted by Crippen LogP contribution is -2.35. The van der Waals surface area contributed by atoms with Crippen molar-refractivity contribution in [2.45, 2.75) is 23.7 Å². The Labute approximate surface area is 138 Å². The number of aromatic nitrogens is 2. The summed E-state index contributed by atoms with van der Waals surface area (Å²) >= 11 is 3.30. The maximum atomic E-state index is 12.5. The molecule has 1 aromatic heterocycles. The number of nitrogens with zero attached hydrogens (tertiary/aromatic N) is 3. The van der Waals surface area contributed by atoms with Gasteiger partial charge in [-0.05, 0) is 32.2 Å². The molecular weight excluding hydrogens is 314 g/mol. The third-order valence-electron chi connectivity index (χ3n) is 4.00. The summed E-state index contributed by atoms with van der Waals surface area (Å²) in [7, 11) is 0. The third-order valence-corrected chi connectivity index (χ3v) is 5.88. The van der Waals surface area contributed by atoms with Gasteiger partial charge in [0.05, 0.1) is 6.54 Å². The van der Waals surface area contributed by atoms with Gasteiger partial charge in [0.25, 0.3) is 0 Å². The maximum absolute atomic E-state index is 12.5. The van der Waals surface area contributed by atoms with Gasteiger partial charge >= 0.3 is 0 Å². The molecule has 1 aliphatic heterocycles. The lowest BCUT2D eigenvalue weighted by Gasteiger charge is -2.30. The van der Waals surface area contributed by atoms with E-state index in [2.05, 4.69) is 15.1 Å². The number of likely N-dealkylation sites (tertiary alicyclic amines) is 1. The van der Waals surface area contributed by atoms with Crippen molar-refractivity contribution in [2.24, 2.45) is 5.92 Å². The fraction of sp³-hybridized carbons (Fsp3) is 0.438. The zero-order valence-electron chi connectivity index (χ0n) is 12.6. The van der Waals surface area contributed by atoms with Gasteiger partial charge in [0.15, 0.2) is 10.1 Å². The number of benzene rings is 1. The number of rotatable bonds is 5. The van der Waals surface area contributed by atoms with Crippen LogP contribution >= 0.6 is 23.1 Å². The van der Waals surface area contributed by atoms with Crippen LogP contribution in [0.1, 0.15) is 28.2 Å². The van der Waals surface area contributed by atoms with E-state index in [1.54, 1.807) is 23.1 Å². The lowest BCUT2D eigenvalue weighted by molar-refractivity contribution is 0.0834. The summed E-state index contributed by atoms with van der Waals surface area (Å²) in [6.45, 7) is 2.76. The van der Waals surface area contributed by atoms with Crippen molar-refractivity contribution in [3.8, 4) is 0 Å². The summed E-state index contributed by atoms with van der Waals surface area (Å²) in [6.07, 6.45) is 3.88. The normalized spacial score (nSPS) is 16.8. The summed E-state index contributed by atoms with van der Waals surface area (Å²) in [5.74, 6) is 0.454. The van der Waals surface area contributed by atoms with Crippen LogP contribution in [0.15, 0.2) is 34.7 Å². The monoisotopic (exact) mass is 333 g/mol. The first kappa shape index (κ1) is 15.6. The van der Waals surface area contributed by atoms with Gasteiger partial charge in [-0.25, -0.2) is 0 Å². The number of Topliss-reactive ketones (excluding diaryl/α,β-unsaturated/α-hetero) is 1. The van der Waals surface area contributed by atoms with Crippen molar-refractivity contribution in [3.05, 3.63) is 40.9 Å². The summed E-state index contributed by atoms with van der Waals surface area (Å²) in [6, 6.07) is 9.65. The molecule has 6 heteroatoms. The van der Waals surface area contributed by atoms with Crippen LogP contribution in [0.25, 0.3) is 0 Å². The molecule has 1 saturated heterocycles. The van der Waals surface area contributed by atoms with Gasteiger partial charge in [-0.15, -0.1) is 10.2 Å². The number of ketones is 1. The number of piperidine rings is 1. The minimum Gasteiger partial charge on any atom is -0.297 e. The van der Waals surface area contributed by atoms with Crippen LogP contribution in [0.5, 0.6) is 0 Å². The molecule has 4 nitrogen and oxygen atoms in total. The molecule has 1 fully saturated rings. The van der Waals surface area contributed by atoms with Gasteiger partial charge in [-0.3, -0.25) is 9.69 Å². The van der Waals surface area contributed by atoms with Gasteiger partial charge in [0.1, 0.15) is 5.01 Å². The maximum Gasteiger partial charge on any atom is 0.174 e. The van der Waals surface area contributed by atoms with Crippen LogP contribution in [0.4, 0.5) is 0 Å². The second-order valence-corrected chi connectivity index (χ2v) is 7.56. The molecule has 0 atom stereocenters. The summed E-state index contributed by atoms with van der Waals surface area (Å²) < 4.78 is 1.02. The average molecular weight is 333 g/mol. The molecule has 0 bridgehead atoms. The summed E-state index contributed by atoms with van der Waals surface area (Å²) in [5.41, 5.74) is 0.842. The van der Waals surface area contributed by atoms with E-state index in [4.69, 9.17) is 0 Å². The average Bonchev–Trinajstić information content (AvgIpc) is 3.03. The number of hydrogen-bond acceptors (Lipinski definition) is 6. The van der Waals surface area contributed by atoms with Crippen molar-refractivity contribution in [3.63, 3.8) is 0 Å². The van der Waals surface area contributed by atoms with Gasteiger partial charge < -0.3 is 0 Å². The predicted molar refractivity (Wildman–Crippen MR) is 90.5 cm³/mol. The molecular formula is C16H19N3OS2. The molecule has 116 valence electrons. The van der Waals surface area contributed by atoms with E-state index in [1.807, 2.05) is 36.6 Å². The largest absolute Gasteiger partial charge is 0.297 e. The van der Waals surface area contributed by atoms with Crippen molar-refractivity contribution >= 4 is 28.9 Å². The Bertz CT molecular complexity index is 621. The van der Waals surface area contributed by atoms with E-state index < -0.39 is 0 Å². The fourth-order valence-corrected chi connectivity index (χ4v) is 4.12. The first-order valence-corrected chi connectivity index (χ1v) is 9.48. The molecule has 0 radical (unpaired) electrons. The molecule has 0 spiro atoms. The summed E-state index contributed by atoms with van der Waals surface area (Å²) in [5, 5.41) is 9.42. The Hall–Kier alpha value is -1.24. The van der Waals surface area contributed by atoms with E-state index in [9.17, 15) is 4.79 Å².